The van der Waals surface area contributed by atoms with Crippen LogP contribution in [0.3, 0.4) is 0 Å². The predicted octanol–water partition coefficient (Wildman–Crippen LogP) is 2.14. The highest BCUT2D eigenvalue weighted by atomic mass is 32.2. The van der Waals surface area contributed by atoms with Crippen LogP contribution in [0.1, 0.15) is 5.56 Å². The Bertz CT molecular complexity index is 322. The average Bonchev–Trinajstić information content (AvgIpc) is 2.30. The molecule has 0 aliphatic carbocycles. The van der Waals surface area contributed by atoms with Gasteiger partial charge in [0.05, 0.1) is 13.5 Å². The van der Waals surface area contributed by atoms with Crippen molar-refractivity contribution in [1.29, 1.82) is 0 Å². The number of benzene rings is 1. The molecule has 16 heavy (non-hydrogen) atoms. The van der Waals surface area contributed by atoms with Crippen LogP contribution in [0.4, 0.5) is 0 Å². The van der Waals surface area contributed by atoms with Crippen LogP contribution < -0.4 is 4.74 Å². The third-order valence-electron chi connectivity index (χ3n) is 2.06. The summed E-state index contributed by atoms with van der Waals surface area (Å²) in [6.07, 6.45) is 2.30. The monoisotopic (exact) mass is 240 g/mol. The summed E-state index contributed by atoms with van der Waals surface area (Å²) >= 11 is 1.66. The van der Waals surface area contributed by atoms with Crippen molar-refractivity contribution in [2.24, 2.45) is 0 Å². The van der Waals surface area contributed by atoms with Gasteiger partial charge in [-0.1, -0.05) is 12.1 Å². The van der Waals surface area contributed by atoms with Gasteiger partial charge in [0.15, 0.2) is 0 Å². The first kappa shape index (κ1) is 12.9. The Kier molecular flexibility index (Phi) is 5.78. The molecule has 0 saturated carbocycles. The zero-order valence-electron chi connectivity index (χ0n) is 9.56. The van der Waals surface area contributed by atoms with Crippen molar-refractivity contribution >= 4 is 17.7 Å². The number of carbonyl (C=O) groups is 1. The summed E-state index contributed by atoms with van der Waals surface area (Å²) in [5.74, 6) is 1.45. The lowest BCUT2D eigenvalue weighted by atomic mass is 10.1. The largest absolute Gasteiger partial charge is 0.497 e. The minimum atomic E-state index is -0.181. The molecule has 88 valence electrons. The van der Waals surface area contributed by atoms with E-state index in [-0.39, 0.29) is 5.97 Å². The Balaban J connectivity index is 2.37. The first-order valence-corrected chi connectivity index (χ1v) is 6.43. The number of hydrogen-bond donors (Lipinski definition) is 0. The molecule has 0 N–H and O–H groups in total. The van der Waals surface area contributed by atoms with Crippen molar-refractivity contribution in [3.05, 3.63) is 29.8 Å². The summed E-state index contributed by atoms with van der Waals surface area (Å²) < 4.78 is 10.1. The van der Waals surface area contributed by atoms with Gasteiger partial charge in [-0.2, -0.15) is 11.8 Å². The lowest BCUT2D eigenvalue weighted by Gasteiger charge is -2.04. The molecule has 0 atom stereocenters. The van der Waals surface area contributed by atoms with Crippen LogP contribution in [0.5, 0.6) is 5.75 Å². The Morgan fingerprint density at radius 3 is 2.56 bits per heavy atom. The van der Waals surface area contributed by atoms with E-state index in [0.29, 0.717) is 13.0 Å². The highest BCUT2D eigenvalue weighted by Crippen LogP contribution is 2.11. The molecule has 1 aromatic rings. The molecule has 4 heteroatoms. The van der Waals surface area contributed by atoms with Crippen molar-refractivity contribution in [1.82, 2.24) is 0 Å². The zero-order chi connectivity index (χ0) is 11.8. The molecule has 0 bridgehead atoms. The van der Waals surface area contributed by atoms with Crippen LogP contribution in [-0.2, 0) is 16.0 Å². The minimum absolute atomic E-state index is 0.181. The minimum Gasteiger partial charge on any atom is -0.497 e. The van der Waals surface area contributed by atoms with Gasteiger partial charge in [-0.15, -0.1) is 0 Å². The van der Waals surface area contributed by atoms with Crippen molar-refractivity contribution in [2.45, 2.75) is 6.42 Å². The molecule has 1 rings (SSSR count). The topological polar surface area (TPSA) is 35.5 Å². The third kappa shape index (κ3) is 4.57. The Morgan fingerprint density at radius 2 is 2.00 bits per heavy atom. The zero-order valence-corrected chi connectivity index (χ0v) is 10.4. The average molecular weight is 240 g/mol. The molecule has 3 nitrogen and oxygen atoms in total. The number of rotatable bonds is 6. The first-order chi connectivity index (χ1) is 7.76. The van der Waals surface area contributed by atoms with Gasteiger partial charge in [0, 0.05) is 5.75 Å². The van der Waals surface area contributed by atoms with E-state index in [1.165, 1.54) is 0 Å². The van der Waals surface area contributed by atoms with Gasteiger partial charge >= 0.3 is 5.97 Å². The van der Waals surface area contributed by atoms with Crippen molar-refractivity contribution in [3.8, 4) is 5.75 Å². The molecule has 0 aromatic heterocycles. The van der Waals surface area contributed by atoms with Crippen LogP contribution in [0, 0.1) is 0 Å². The fourth-order valence-electron chi connectivity index (χ4n) is 1.20. The number of hydrogen-bond acceptors (Lipinski definition) is 4. The predicted molar refractivity (Wildman–Crippen MR) is 66.0 cm³/mol. The summed E-state index contributed by atoms with van der Waals surface area (Å²) in [6.45, 7) is 0.482. The number of esters is 1. The van der Waals surface area contributed by atoms with Crippen molar-refractivity contribution in [2.75, 3.05) is 25.7 Å². The van der Waals surface area contributed by atoms with E-state index in [2.05, 4.69) is 0 Å². The lowest BCUT2D eigenvalue weighted by Crippen LogP contribution is -2.10. The van der Waals surface area contributed by atoms with Crippen LogP contribution >= 0.6 is 11.8 Å². The first-order valence-electron chi connectivity index (χ1n) is 5.03. The van der Waals surface area contributed by atoms with Crippen LogP contribution in [0.2, 0.25) is 0 Å². The van der Waals surface area contributed by atoms with E-state index >= 15 is 0 Å². The molecule has 0 aliphatic rings. The summed E-state index contributed by atoms with van der Waals surface area (Å²) in [7, 11) is 1.62. The molecular formula is C12H16O3S. The van der Waals surface area contributed by atoms with Gasteiger partial charge in [0.1, 0.15) is 12.4 Å². The van der Waals surface area contributed by atoms with Gasteiger partial charge in [-0.05, 0) is 24.0 Å². The van der Waals surface area contributed by atoms with Gasteiger partial charge in [0.2, 0.25) is 0 Å². The number of thioether (sulfide) groups is 1. The summed E-state index contributed by atoms with van der Waals surface area (Å²) in [4.78, 5) is 11.4. The summed E-state index contributed by atoms with van der Waals surface area (Å²) in [5, 5.41) is 0. The molecule has 0 heterocycles. The van der Waals surface area contributed by atoms with Crippen LogP contribution in [0.15, 0.2) is 24.3 Å². The Hall–Kier alpha value is -1.16. The smallest absolute Gasteiger partial charge is 0.310 e. The SMILES string of the molecule is COc1ccc(CC(=O)OCCSC)cc1. The fraction of sp³-hybridized carbons (Fsp3) is 0.417. The molecule has 0 spiro atoms. The second-order valence-corrected chi connectivity index (χ2v) is 4.22. The van der Waals surface area contributed by atoms with E-state index in [9.17, 15) is 4.79 Å². The van der Waals surface area contributed by atoms with Gasteiger partial charge in [-0.25, -0.2) is 0 Å². The quantitative estimate of drug-likeness (QED) is 0.564. The lowest BCUT2D eigenvalue weighted by molar-refractivity contribution is -0.142. The molecule has 0 unspecified atom stereocenters. The molecular weight excluding hydrogens is 224 g/mol. The third-order valence-corrected chi connectivity index (χ3v) is 2.63. The molecule has 0 saturated heterocycles. The second-order valence-electron chi connectivity index (χ2n) is 3.24. The highest BCUT2D eigenvalue weighted by molar-refractivity contribution is 7.98. The summed E-state index contributed by atoms with van der Waals surface area (Å²) in [6, 6.07) is 7.42. The second kappa shape index (κ2) is 7.17. The fourth-order valence-corrected chi connectivity index (χ4v) is 1.45. The normalized spacial score (nSPS) is 9.88. The van der Waals surface area contributed by atoms with Crippen molar-refractivity contribution in [3.63, 3.8) is 0 Å². The molecule has 1 aromatic carbocycles. The maximum Gasteiger partial charge on any atom is 0.310 e. The number of ether oxygens (including phenoxy) is 2. The van der Waals surface area contributed by atoms with E-state index in [1.807, 2.05) is 30.5 Å². The maximum atomic E-state index is 11.4. The van der Waals surface area contributed by atoms with E-state index < -0.39 is 0 Å². The van der Waals surface area contributed by atoms with E-state index in [1.54, 1.807) is 18.9 Å². The van der Waals surface area contributed by atoms with Gasteiger partial charge < -0.3 is 9.47 Å². The van der Waals surface area contributed by atoms with Crippen LogP contribution in [-0.4, -0.2) is 31.7 Å². The van der Waals surface area contributed by atoms with E-state index in [0.717, 1.165) is 17.1 Å². The number of carbonyl (C=O) groups excluding carboxylic acids is 1. The summed E-state index contributed by atoms with van der Waals surface area (Å²) in [5.41, 5.74) is 0.940. The van der Waals surface area contributed by atoms with E-state index in [4.69, 9.17) is 9.47 Å². The maximum absolute atomic E-state index is 11.4. The van der Waals surface area contributed by atoms with Crippen LogP contribution in [0.25, 0.3) is 0 Å². The Morgan fingerprint density at radius 1 is 1.31 bits per heavy atom. The molecule has 0 fully saturated rings. The van der Waals surface area contributed by atoms with Gasteiger partial charge in [-0.3, -0.25) is 4.79 Å². The highest BCUT2D eigenvalue weighted by Gasteiger charge is 2.04. The molecule has 0 aliphatic heterocycles. The van der Waals surface area contributed by atoms with Crippen molar-refractivity contribution < 1.29 is 14.3 Å². The molecule has 0 radical (unpaired) electrons. The number of methoxy groups -OCH3 is 1. The standard InChI is InChI=1S/C12H16O3S/c1-14-11-5-3-10(4-6-11)9-12(13)15-7-8-16-2/h3-6H,7-9H2,1-2H3. The molecule has 0 amide bonds. The Labute approximate surface area is 100 Å². The van der Waals surface area contributed by atoms with Gasteiger partial charge in [0.25, 0.3) is 0 Å².